The van der Waals surface area contributed by atoms with Crippen LogP contribution in [-0.4, -0.2) is 12.6 Å². The number of nitrogens with two attached hydrogens (primary N) is 1. The molecule has 2 nitrogen and oxygen atoms in total. The molecule has 0 radical (unpaired) electrons. The van der Waals surface area contributed by atoms with Gasteiger partial charge in [-0.1, -0.05) is 31.2 Å². The lowest BCUT2D eigenvalue weighted by Crippen LogP contribution is -2.32. The van der Waals surface area contributed by atoms with Crippen molar-refractivity contribution >= 4 is 0 Å². The Labute approximate surface area is 160 Å². The van der Waals surface area contributed by atoms with Gasteiger partial charge in [0.05, 0.1) is 6.61 Å². The first kappa shape index (κ1) is 19.8. The van der Waals surface area contributed by atoms with E-state index >= 15 is 0 Å². The standard InChI is InChI=1S/C23H29F2NO/c1-3-20(26)18-11-7-16(8-12-18)15-5-9-17(10-6-15)19-13-14-21(27-4-2)23(25)22(19)24/h5-6,9-10,13-14,16,18,20H,3-4,7-8,11-12,26H2,1-2H3. The molecule has 0 heterocycles. The number of benzene rings is 2. The summed E-state index contributed by atoms with van der Waals surface area (Å²) in [5.74, 6) is -0.670. The first-order valence-electron chi connectivity index (χ1n) is 10.0. The van der Waals surface area contributed by atoms with Gasteiger partial charge in [0.15, 0.2) is 11.6 Å². The fourth-order valence-electron chi connectivity index (χ4n) is 4.17. The highest BCUT2D eigenvalue weighted by Crippen LogP contribution is 2.38. The topological polar surface area (TPSA) is 35.2 Å². The van der Waals surface area contributed by atoms with E-state index in [0.29, 0.717) is 30.0 Å². The van der Waals surface area contributed by atoms with Crippen LogP contribution in [0.5, 0.6) is 5.75 Å². The van der Waals surface area contributed by atoms with Crippen molar-refractivity contribution in [2.45, 2.75) is 57.9 Å². The highest BCUT2D eigenvalue weighted by atomic mass is 19.2. The first-order chi connectivity index (χ1) is 13.0. The highest BCUT2D eigenvalue weighted by molar-refractivity contribution is 5.65. The molecule has 0 spiro atoms. The minimum Gasteiger partial charge on any atom is -0.491 e. The van der Waals surface area contributed by atoms with Crippen molar-refractivity contribution in [2.75, 3.05) is 6.61 Å². The normalized spacial score (nSPS) is 21.1. The molecule has 27 heavy (non-hydrogen) atoms. The van der Waals surface area contributed by atoms with Crippen molar-refractivity contribution in [3.8, 4) is 16.9 Å². The Hall–Kier alpha value is -1.94. The van der Waals surface area contributed by atoms with Gasteiger partial charge in [0.2, 0.25) is 5.82 Å². The Kier molecular flexibility index (Phi) is 6.48. The van der Waals surface area contributed by atoms with Crippen LogP contribution in [0.3, 0.4) is 0 Å². The van der Waals surface area contributed by atoms with Gasteiger partial charge in [0, 0.05) is 11.6 Å². The zero-order chi connectivity index (χ0) is 19.4. The van der Waals surface area contributed by atoms with E-state index in [-0.39, 0.29) is 11.3 Å². The third kappa shape index (κ3) is 4.32. The highest BCUT2D eigenvalue weighted by Gasteiger charge is 2.25. The lowest BCUT2D eigenvalue weighted by atomic mass is 9.75. The van der Waals surface area contributed by atoms with Crippen LogP contribution in [0.1, 0.15) is 57.4 Å². The molecule has 0 saturated heterocycles. The lowest BCUT2D eigenvalue weighted by Gasteiger charge is -2.32. The van der Waals surface area contributed by atoms with Crippen molar-refractivity contribution < 1.29 is 13.5 Å². The second kappa shape index (κ2) is 8.83. The van der Waals surface area contributed by atoms with Crippen LogP contribution in [0.4, 0.5) is 8.78 Å². The summed E-state index contributed by atoms with van der Waals surface area (Å²) in [6.45, 7) is 4.20. The van der Waals surface area contributed by atoms with Gasteiger partial charge in [0.25, 0.3) is 0 Å². The zero-order valence-electron chi connectivity index (χ0n) is 16.2. The van der Waals surface area contributed by atoms with Gasteiger partial charge in [-0.15, -0.1) is 0 Å². The Morgan fingerprint density at radius 3 is 2.22 bits per heavy atom. The molecular weight excluding hydrogens is 344 g/mol. The zero-order valence-corrected chi connectivity index (χ0v) is 16.2. The maximum atomic E-state index is 14.4. The van der Waals surface area contributed by atoms with Crippen molar-refractivity contribution in [1.29, 1.82) is 0 Å². The van der Waals surface area contributed by atoms with Gasteiger partial charge in [-0.05, 0) is 74.1 Å². The van der Waals surface area contributed by atoms with Crippen LogP contribution in [0.15, 0.2) is 36.4 Å². The molecule has 0 aliphatic heterocycles. The average molecular weight is 373 g/mol. The Morgan fingerprint density at radius 1 is 0.963 bits per heavy atom. The first-order valence-corrected chi connectivity index (χ1v) is 10.0. The van der Waals surface area contributed by atoms with Crippen molar-refractivity contribution in [2.24, 2.45) is 11.7 Å². The van der Waals surface area contributed by atoms with Gasteiger partial charge >= 0.3 is 0 Å². The van der Waals surface area contributed by atoms with Crippen molar-refractivity contribution in [3.63, 3.8) is 0 Å². The summed E-state index contributed by atoms with van der Waals surface area (Å²) < 4.78 is 33.7. The molecule has 2 N–H and O–H groups in total. The van der Waals surface area contributed by atoms with Crippen LogP contribution >= 0.6 is 0 Å². The number of ether oxygens (including phenoxy) is 1. The molecule has 1 aliphatic rings. The summed E-state index contributed by atoms with van der Waals surface area (Å²) in [7, 11) is 0. The second-order valence-electron chi connectivity index (χ2n) is 7.48. The number of rotatable bonds is 6. The molecule has 1 atom stereocenters. The van der Waals surface area contributed by atoms with Crippen LogP contribution in [0, 0.1) is 17.6 Å². The van der Waals surface area contributed by atoms with Crippen LogP contribution in [0.2, 0.25) is 0 Å². The molecule has 0 amide bonds. The smallest absolute Gasteiger partial charge is 0.201 e. The third-order valence-electron chi connectivity index (χ3n) is 5.89. The van der Waals surface area contributed by atoms with Gasteiger partial charge in [-0.2, -0.15) is 4.39 Å². The summed E-state index contributed by atoms with van der Waals surface area (Å²) >= 11 is 0. The van der Waals surface area contributed by atoms with E-state index in [1.54, 1.807) is 13.0 Å². The summed E-state index contributed by atoms with van der Waals surface area (Å²) in [6, 6.07) is 11.3. The molecule has 2 aromatic rings. The molecule has 2 aromatic carbocycles. The molecule has 1 unspecified atom stereocenters. The lowest BCUT2D eigenvalue weighted by molar-refractivity contribution is 0.277. The van der Waals surface area contributed by atoms with E-state index in [0.717, 1.165) is 19.3 Å². The molecular formula is C23H29F2NO. The molecule has 3 rings (SSSR count). The summed E-state index contributed by atoms with van der Waals surface area (Å²) in [5, 5.41) is 0. The van der Waals surface area contributed by atoms with E-state index in [4.69, 9.17) is 10.5 Å². The van der Waals surface area contributed by atoms with E-state index in [9.17, 15) is 8.78 Å². The molecule has 1 aliphatic carbocycles. The van der Waals surface area contributed by atoms with Gasteiger partial charge in [0.1, 0.15) is 0 Å². The van der Waals surface area contributed by atoms with E-state index < -0.39 is 11.6 Å². The maximum Gasteiger partial charge on any atom is 0.201 e. The third-order valence-corrected chi connectivity index (χ3v) is 5.89. The van der Waals surface area contributed by atoms with E-state index in [1.165, 1.54) is 24.5 Å². The van der Waals surface area contributed by atoms with Gasteiger partial charge in [-0.3, -0.25) is 0 Å². The fraction of sp³-hybridized carbons (Fsp3) is 0.478. The molecule has 0 bridgehead atoms. The van der Waals surface area contributed by atoms with Crippen molar-refractivity contribution in [3.05, 3.63) is 53.6 Å². The molecule has 1 saturated carbocycles. The maximum absolute atomic E-state index is 14.4. The summed E-state index contributed by atoms with van der Waals surface area (Å²) in [4.78, 5) is 0. The molecule has 4 heteroatoms. The predicted octanol–water partition coefficient (Wildman–Crippen LogP) is 6.04. The van der Waals surface area contributed by atoms with Crippen molar-refractivity contribution in [1.82, 2.24) is 0 Å². The number of halogens is 2. The molecule has 1 fully saturated rings. The van der Waals surface area contributed by atoms with Gasteiger partial charge < -0.3 is 10.5 Å². The largest absolute Gasteiger partial charge is 0.491 e. The van der Waals surface area contributed by atoms with Crippen LogP contribution < -0.4 is 10.5 Å². The quantitative estimate of drug-likeness (QED) is 0.670. The van der Waals surface area contributed by atoms with E-state index in [2.05, 4.69) is 6.92 Å². The predicted molar refractivity (Wildman–Crippen MR) is 106 cm³/mol. The SMILES string of the molecule is CCOc1ccc(-c2ccc(C3CCC(C(N)CC)CC3)cc2)c(F)c1F. The van der Waals surface area contributed by atoms with Crippen LogP contribution in [-0.2, 0) is 0 Å². The molecule has 0 aromatic heterocycles. The van der Waals surface area contributed by atoms with E-state index in [1.807, 2.05) is 24.3 Å². The number of hydrogen-bond donors (Lipinski definition) is 1. The minimum absolute atomic E-state index is 0.0441. The van der Waals surface area contributed by atoms with Crippen LogP contribution in [0.25, 0.3) is 11.1 Å². The monoisotopic (exact) mass is 373 g/mol. The number of hydrogen-bond acceptors (Lipinski definition) is 2. The Morgan fingerprint density at radius 2 is 1.63 bits per heavy atom. The Balaban J connectivity index is 1.72. The average Bonchev–Trinajstić information content (AvgIpc) is 2.71. The Bertz CT molecular complexity index is 752. The summed E-state index contributed by atoms with van der Waals surface area (Å²) in [5.41, 5.74) is 8.41. The summed E-state index contributed by atoms with van der Waals surface area (Å²) in [6.07, 6.45) is 5.65. The molecule has 146 valence electrons. The second-order valence-corrected chi connectivity index (χ2v) is 7.48. The fourth-order valence-corrected chi connectivity index (χ4v) is 4.17. The minimum atomic E-state index is -0.927. The van der Waals surface area contributed by atoms with Gasteiger partial charge in [-0.25, -0.2) is 4.39 Å².